The van der Waals surface area contributed by atoms with Gasteiger partial charge in [0.05, 0.1) is 9.82 Å². The highest BCUT2D eigenvalue weighted by Gasteiger charge is 2.20. The van der Waals surface area contributed by atoms with Crippen LogP contribution in [0.15, 0.2) is 23.1 Å². The van der Waals surface area contributed by atoms with Crippen molar-refractivity contribution in [2.75, 3.05) is 31.9 Å². The highest BCUT2D eigenvalue weighted by Crippen LogP contribution is 2.24. The van der Waals surface area contributed by atoms with Gasteiger partial charge < -0.3 is 10.6 Å². The van der Waals surface area contributed by atoms with Gasteiger partial charge in [-0.3, -0.25) is 10.1 Å². The van der Waals surface area contributed by atoms with E-state index in [0.29, 0.717) is 6.54 Å². The summed E-state index contributed by atoms with van der Waals surface area (Å²) in [5.74, 6) is 0. The zero-order valence-corrected chi connectivity index (χ0v) is 12.9. The van der Waals surface area contributed by atoms with Crippen molar-refractivity contribution >= 4 is 21.4 Å². The molecule has 0 atom stereocenters. The van der Waals surface area contributed by atoms with E-state index >= 15 is 0 Å². The molecule has 1 aromatic rings. The third-order valence-corrected chi connectivity index (χ3v) is 4.58. The molecule has 21 heavy (non-hydrogen) atoms. The number of nitrogen functional groups attached to an aromatic ring is 1. The van der Waals surface area contributed by atoms with Crippen molar-refractivity contribution < 1.29 is 13.3 Å². The largest absolute Gasteiger partial charge is 0.393 e. The maximum atomic E-state index is 12.1. The Morgan fingerprint density at radius 2 is 1.95 bits per heavy atom. The number of likely N-dealkylation sites (N-methyl/N-ethyl adjacent to an activating group) is 1. The molecule has 1 rings (SSSR count). The summed E-state index contributed by atoms with van der Waals surface area (Å²) in [6.07, 6.45) is 0. The Kier molecular flexibility index (Phi) is 6.06. The number of benzene rings is 1. The molecule has 0 aliphatic heterocycles. The van der Waals surface area contributed by atoms with Crippen molar-refractivity contribution in [1.29, 1.82) is 0 Å². The molecule has 1 aromatic carbocycles. The molecule has 0 unspecified atom stereocenters. The van der Waals surface area contributed by atoms with E-state index in [1.807, 2.05) is 13.8 Å². The third kappa shape index (κ3) is 4.66. The van der Waals surface area contributed by atoms with Crippen LogP contribution < -0.4 is 10.5 Å². The number of nitrogens with zero attached hydrogens (tertiary/aromatic N) is 2. The molecule has 3 N–H and O–H groups in total. The molecule has 8 nitrogen and oxygen atoms in total. The third-order valence-electron chi connectivity index (χ3n) is 3.12. The molecule has 9 heteroatoms. The Balaban J connectivity index is 2.84. The first-order valence-electron chi connectivity index (χ1n) is 6.57. The number of rotatable bonds is 8. The first-order chi connectivity index (χ1) is 9.81. The van der Waals surface area contributed by atoms with E-state index in [1.165, 1.54) is 12.1 Å². The van der Waals surface area contributed by atoms with Crippen LogP contribution in [0.1, 0.15) is 13.8 Å². The van der Waals surface area contributed by atoms with Gasteiger partial charge in [0.15, 0.2) is 0 Å². The van der Waals surface area contributed by atoms with Gasteiger partial charge in [0, 0.05) is 19.2 Å². The number of hydrogen-bond acceptors (Lipinski definition) is 6. The molecule has 0 amide bonds. The lowest BCUT2D eigenvalue weighted by molar-refractivity contribution is -0.384. The summed E-state index contributed by atoms with van der Waals surface area (Å²) in [5.41, 5.74) is 4.96. The Bertz CT molecular complexity index is 599. The van der Waals surface area contributed by atoms with Crippen LogP contribution >= 0.6 is 0 Å². The number of nitrogens with one attached hydrogen (secondary N) is 1. The number of hydrogen-bond donors (Lipinski definition) is 2. The van der Waals surface area contributed by atoms with E-state index in [4.69, 9.17) is 5.73 Å². The van der Waals surface area contributed by atoms with E-state index in [0.717, 1.165) is 19.2 Å². The summed E-state index contributed by atoms with van der Waals surface area (Å²) in [6, 6.07) is 3.44. The predicted octanol–water partition coefficient (Wildman–Crippen LogP) is 0.797. The van der Waals surface area contributed by atoms with Gasteiger partial charge in [-0.1, -0.05) is 13.8 Å². The minimum atomic E-state index is -3.78. The molecule has 0 fully saturated rings. The first-order valence-corrected chi connectivity index (χ1v) is 8.06. The highest BCUT2D eigenvalue weighted by molar-refractivity contribution is 7.89. The molecule has 0 aromatic heterocycles. The van der Waals surface area contributed by atoms with E-state index in [1.54, 1.807) is 0 Å². The molecule has 0 aliphatic carbocycles. The van der Waals surface area contributed by atoms with Crippen LogP contribution in [0.25, 0.3) is 0 Å². The summed E-state index contributed by atoms with van der Waals surface area (Å²) in [4.78, 5) is 12.0. The van der Waals surface area contributed by atoms with E-state index in [9.17, 15) is 18.5 Å². The lowest BCUT2D eigenvalue weighted by Crippen LogP contribution is -2.34. The van der Waals surface area contributed by atoms with E-state index in [-0.39, 0.29) is 17.1 Å². The summed E-state index contributed by atoms with van der Waals surface area (Å²) < 4.78 is 26.6. The van der Waals surface area contributed by atoms with Gasteiger partial charge >= 0.3 is 0 Å². The van der Waals surface area contributed by atoms with Crippen LogP contribution in [0.4, 0.5) is 11.4 Å². The number of nitrogens with two attached hydrogens (primary N) is 1. The van der Waals surface area contributed by atoms with Gasteiger partial charge in [-0.25, -0.2) is 13.1 Å². The van der Waals surface area contributed by atoms with Crippen LogP contribution in [0.2, 0.25) is 0 Å². The van der Waals surface area contributed by atoms with E-state index < -0.39 is 20.6 Å². The van der Waals surface area contributed by atoms with Crippen molar-refractivity contribution in [2.45, 2.75) is 18.7 Å². The van der Waals surface area contributed by atoms with Gasteiger partial charge in [-0.05, 0) is 25.2 Å². The average molecular weight is 316 g/mol. The maximum absolute atomic E-state index is 12.1. The number of sulfonamides is 1. The topological polar surface area (TPSA) is 119 Å². The highest BCUT2D eigenvalue weighted by atomic mass is 32.2. The number of nitro benzene ring substituents is 1. The monoisotopic (exact) mass is 316 g/mol. The zero-order valence-electron chi connectivity index (χ0n) is 12.1. The molecule has 0 bridgehead atoms. The normalized spacial score (nSPS) is 11.8. The van der Waals surface area contributed by atoms with Gasteiger partial charge in [-0.15, -0.1) is 0 Å². The molecular formula is C12H20N4O4S. The van der Waals surface area contributed by atoms with Crippen LogP contribution in [0.3, 0.4) is 0 Å². The Morgan fingerprint density at radius 3 is 2.48 bits per heavy atom. The number of nitro groups is 1. The predicted molar refractivity (Wildman–Crippen MR) is 80.5 cm³/mol. The molecule has 0 saturated carbocycles. The van der Waals surface area contributed by atoms with Crippen molar-refractivity contribution in [3.63, 3.8) is 0 Å². The van der Waals surface area contributed by atoms with Gasteiger partial charge in [0.1, 0.15) is 5.69 Å². The smallest absolute Gasteiger partial charge is 0.293 e. The Labute approximate surface area is 124 Å². The van der Waals surface area contributed by atoms with Crippen LogP contribution in [-0.2, 0) is 10.0 Å². The Morgan fingerprint density at radius 1 is 1.33 bits per heavy atom. The minimum absolute atomic E-state index is 0.0675. The lowest BCUT2D eigenvalue weighted by atomic mass is 10.3. The molecule has 118 valence electrons. The van der Waals surface area contributed by atoms with Crippen molar-refractivity contribution in [2.24, 2.45) is 0 Å². The zero-order chi connectivity index (χ0) is 16.0. The summed E-state index contributed by atoms with van der Waals surface area (Å²) in [5, 5.41) is 10.8. The molecule has 0 heterocycles. The maximum Gasteiger partial charge on any atom is 0.293 e. The average Bonchev–Trinajstić information content (AvgIpc) is 2.43. The minimum Gasteiger partial charge on any atom is -0.393 e. The first kappa shape index (κ1) is 17.3. The van der Waals surface area contributed by atoms with Crippen molar-refractivity contribution in [3.05, 3.63) is 28.3 Å². The molecular weight excluding hydrogens is 296 g/mol. The molecule has 0 spiro atoms. The fraction of sp³-hybridized carbons (Fsp3) is 0.500. The van der Waals surface area contributed by atoms with Crippen LogP contribution in [0, 0.1) is 10.1 Å². The second-order valence-electron chi connectivity index (χ2n) is 4.40. The fourth-order valence-electron chi connectivity index (χ4n) is 1.81. The van der Waals surface area contributed by atoms with Gasteiger partial charge in [0.25, 0.3) is 5.69 Å². The molecule has 0 radical (unpaired) electrons. The van der Waals surface area contributed by atoms with Crippen LogP contribution in [0.5, 0.6) is 0 Å². The van der Waals surface area contributed by atoms with Crippen LogP contribution in [-0.4, -0.2) is 44.4 Å². The van der Waals surface area contributed by atoms with Gasteiger partial charge in [-0.2, -0.15) is 0 Å². The Hall–Kier alpha value is -1.71. The summed E-state index contributed by atoms with van der Waals surface area (Å²) >= 11 is 0. The summed E-state index contributed by atoms with van der Waals surface area (Å²) in [7, 11) is -3.78. The SMILES string of the molecule is CCN(CC)CCNS(=O)(=O)c1ccc(N)c([N+](=O)[O-])c1. The lowest BCUT2D eigenvalue weighted by Gasteiger charge is -2.18. The second kappa shape index (κ2) is 7.34. The van der Waals surface area contributed by atoms with Gasteiger partial charge in [0.2, 0.25) is 10.0 Å². The van der Waals surface area contributed by atoms with Crippen molar-refractivity contribution in [3.8, 4) is 0 Å². The van der Waals surface area contributed by atoms with E-state index in [2.05, 4.69) is 9.62 Å². The fourth-order valence-corrected chi connectivity index (χ4v) is 2.85. The van der Waals surface area contributed by atoms with Crippen molar-refractivity contribution in [1.82, 2.24) is 9.62 Å². The summed E-state index contributed by atoms with van der Waals surface area (Å²) in [6.45, 7) is 6.44. The molecule has 0 aliphatic rings. The second-order valence-corrected chi connectivity index (χ2v) is 6.17. The standard InChI is InChI=1S/C12H20N4O4S/c1-3-15(4-2)8-7-14-21(19,20)10-5-6-11(13)12(9-10)16(17)18/h5-6,9,14H,3-4,7-8,13H2,1-2H3. The molecule has 0 saturated heterocycles. The quantitative estimate of drug-likeness (QED) is 0.416. The number of anilines is 1.